The Kier molecular flexibility index (Phi) is 4.90. The predicted molar refractivity (Wildman–Crippen MR) is 75.6 cm³/mol. The summed E-state index contributed by atoms with van der Waals surface area (Å²) in [5, 5.41) is 9.81. The third kappa shape index (κ3) is 4.26. The van der Waals surface area contributed by atoms with Gasteiger partial charge in [-0.25, -0.2) is 4.98 Å². The molecule has 2 rings (SSSR count). The molecule has 2 heterocycles. The monoisotopic (exact) mass is 283 g/mol. The highest BCUT2D eigenvalue weighted by Crippen LogP contribution is 2.19. The van der Waals surface area contributed by atoms with Crippen LogP contribution in [0.4, 0.5) is 0 Å². The maximum Gasteiger partial charge on any atom is 0.304 e. The first-order valence-corrected chi connectivity index (χ1v) is 7.45. The molecule has 0 saturated carbocycles. The molecule has 1 aliphatic rings. The molecule has 1 aromatic heterocycles. The highest BCUT2D eigenvalue weighted by molar-refractivity contribution is 7.11. The molecule has 1 fully saturated rings. The number of carboxylic acid groups (broad SMARTS) is 1. The summed E-state index contributed by atoms with van der Waals surface area (Å²) in [4.78, 5) is 21.0. The Morgan fingerprint density at radius 3 is 2.42 bits per heavy atom. The van der Waals surface area contributed by atoms with Gasteiger partial charge in [-0.2, -0.15) is 0 Å². The molecule has 0 bridgehead atoms. The summed E-state index contributed by atoms with van der Waals surface area (Å²) < 4.78 is 0. The number of aliphatic carboxylic acids is 1. The normalized spacial score (nSPS) is 17.8. The molecule has 1 N–H and O–H groups in total. The number of carbonyl (C=O) groups is 1. The van der Waals surface area contributed by atoms with E-state index < -0.39 is 5.97 Å². The van der Waals surface area contributed by atoms with Crippen LogP contribution in [0.15, 0.2) is 0 Å². The molecule has 0 radical (unpaired) electrons. The maximum absolute atomic E-state index is 10.5. The van der Waals surface area contributed by atoms with E-state index in [2.05, 4.69) is 21.7 Å². The zero-order chi connectivity index (χ0) is 13.8. The van der Waals surface area contributed by atoms with Crippen LogP contribution >= 0.6 is 11.3 Å². The molecule has 1 aromatic rings. The standard InChI is InChI=1S/C13H21N3O2S/c1-10-12(19-11(2)14-10)9-16-7-5-15(6-8-16)4-3-13(17)18/h3-9H2,1-2H3,(H,17,18). The van der Waals surface area contributed by atoms with E-state index in [1.807, 2.05) is 6.92 Å². The molecular formula is C13H21N3O2S. The van der Waals surface area contributed by atoms with E-state index in [1.54, 1.807) is 11.3 Å². The fourth-order valence-electron chi connectivity index (χ4n) is 2.35. The van der Waals surface area contributed by atoms with Gasteiger partial charge >= 0.3 is 5.97 Å². The lowest BCUT2D eigenvalue weighted by Gasteiger charge is -2.34. The fraction of sp³-hybridized carbons (Fsp3) is 0.692. The van der Waals surface area contributed by atoms with Crippen LogP contribution in [0.5, 0.6) is 0 Å². The summed E-state index contributed by atoms with van der Waals surface area (Å²) in [6.07, 6.45) is 0.243. The van der Waals surface area contributed by atoms with Gasteiger partial charge in [-0.15, -0.1) is 11.3 Å². The number of nitrogens with zero attached hydrogens (tertiary/aromatic N) is 3. The lowest BCUT2D eigenvalue weighted by molar-refractivity contribution is -0.137. The first kappa shape index (κ1) is 14.4. The quantitative estimate of drug-likeness (QED) is 0.884. The fourth-order valence-corrected chi connectivity index (χ4v) is 3.33. The van der Waals surface area contributed by atoms with E-state index in [9.17, 15) is 4.79 Å². The molecule has 0 aromatic carbocycles. The minimum atomic E-state index is -0.710. The minimum absolute atomic E-state index is 0.243. The van der Waals surface area contributed by atoms with E-state index in [1.165, 1.54) is 4.88 Å². The van der Waals surface area contributed by atoms with Gasteiger partial charge in [0.1, 0.15) is 0 Å². The van der Waals surface area contributed by atoms with Gasteiger partial charge in [0.2, 0.25) is 0 Å². The number of piperazine rings is 1. The Hall–Kier alpha value is -0.980. The smallest absolute Gasteiger partial charge is 0.304 e. The van der Waals surface area contributed by atoms with Crippen molar-refractivity contribution in [1.82, 2.24) is 14.8 Å². The molecule has 6 heteroatoms. The summed E-state index contributed by atoms with van der Waals surface area (Å²) in [5.74, 6) is -0.710. The lowest BCUT2D eigenvalue weighted by atomic mass is 10.2. The lowest BCUT2D eigenvalue weighted by Crippen LogP contribution is -2.46. The third-order valence-electron chi connectivity index (χ3n) is 3.47. The molecule has 0 atom stereocenters. The van der Waals surface area contributed by atoms with Crippen LogP contribution in [0.25, 0.3) is 0 Å². The van der Waals surface area contributed by atoms with Crippen molar-refractivity contribution in [3.8, 4) is 0 Å². The Bertz CT molecular complexity index is 439. The largest absolute Gasteiger partial charge is 0.481 e. The molecule has 0 aliphatic carbocycles. The third-order valence-corrected chi connectivity index (χ3v) is 4.53. The van der Waals surface area contributed by atoms with Crippen molar-refractivity contribution in [2.75, 3.05) is 32.7 Å². The zero-order valence-electron chi connectivity index (χ0n) is 11.6. The molecular weight excluding hydrogens is 262 g/mol. The average Bonchev–Trinajstić information content (AvgIpc) is 2.67. The van der Waals surface area contributed by atoms with E-state index >= 15 is 0 Å². The van der Waals surface area contributed by atoms with E-state index in [0.29, 0.717) is 6.54 Å². The van der Waals surface area contributed by atoms with Gasteiger partial charge in [-0.05, 0) is 13.8 Å². The number of carboxylic acids is 1. The van der Waals surface area contributed by atoms with Gasteiger partial charge in [-0.3, -0.25) is 9.69 Å². The van der Waals surface area contributed by atoms with Crippen LogP contribution < -0.4 is 0 Å². The van der Waals surface area contributed by atoms with Crippen molar-refractivity contribution in [3.63, 3.8) is 0 Å². The highest BCUT2D eigenvalue weighted by Gasteiger charge is 2.18. The van der Waals surface area contributed by atoms with Crippen molar-refractivity contribution in [2.45, 2.75) is 26.8 Å². The summed E-state index contributed by atoms with van der Waals surface area (Å²) in [6.45, 7) is 9.71. The highest BCUT2D eigenvalue weighted by atomic mass is 32.1. The van der Waals surface area contributed by atoms with Crippen molar-refractivity contribution in [3.05, 3.63) is 15.6 Å². The molecule has 0 spiro atoms. The Balaban J connectivity index is 1.77. The minimum Gasteiger partial charge on any atom is -0.481 e. The molecule has 5 nitrogen and oxygen atoms in total. The second-order valence-corrected chi connectivity index (χ2v) is 6.29. The molecule has 1 aliphatic heterocycles. The summed E-state index contributed by atoms with van der Waals surface area (Å²) in [5.41, 5.74) is 1.15. The number of aryl methyl sites for hydroxylation is 2. The second kappa shape index (κ2) is 6.45. The van der Waals surface area contributed by atoms with Gasteiger partial charge in [0.15, 0.2) is 0 Å². The molecule has 1 saturated heterocycles. The van der Waals surface area contributed by atoms with Gasteiger partial charge in [-0.1, -0.05) is 0 Å². The zero-order valence-corrected chi connectivity index (χ0v) is 12.4. The second-order valence-electron chi connectivity index (χ2n) is 5.00. The predicted octanol–water partition coefficient (Wildman–Crippen LogP) is 1.35. The topological polar surface area (TPSA) is 56.7 Å². The van der Waals surface area contributed by atoms with Crippen molar-refractivity contribution in [2.24, 2.45) is 0 Å². The van der Waals surface area contributed by atoms with E-state index in [-0.39, 0.29) is 6.42 Å². The van der Waals surface area contributed by atoms with Crippen LogP contribution in [0.2, 0.25) is 0 Å². The molecule has 0 unspecified atom stereocenters. The number of thiazole rings is 1. The van der Waals surface area contributed by atoms with Gasteiger partial charge in [0.25, 0.3) is 0 Å². The summed E-state index contributed by atoms with van der Waals surface area (Å²) in [7, 11) is 0. The van der Waals surface area contributed by atoms with Gasteiger partial charge in [0.05, 0.1) is 17.1 Å². The summed E-state index contributed by atoms with van der Waals surface area (Å²) >= 11 is 1.78. The van der Waals surface area contributed by atoms with Crippen molar-refractivity contribution < 1.29 is 9.90 Å². The maximum atomic E-state index is 10.5. The number of hydrogen-bond donors (Lipinski definition) is 1. The first-order chi connectivity index (χ1) is 9.04. The average molecular weight is 283 g/mol. The van der Waals surface area contributed by atoms with Crippen LogP contribution in [-0.2, 0) is 11.3 Å². The van der Waals surface area contributed by atoms with Crippen LogP contribution in [0.1, 0.15) is 22.0 Å². The number of hydrogen-bond acceptors (Lipinski definition) is 5. The van der Waals surface area contributed by atoms with Crippen molar-refractivity contribution >= 4 is 17.3 Å². The van der Waals surface area contributed by atoms with E-state index in [0.717, 1.165) is 43.4 Å². The van der Waals surface area contributed by atoms with Crippen LogP contribution in [-0.4, -0.2) is 58.6 Å². The van der Waals surface area contributed by atoms with Gasteiger partial charge < -0.3 is 10.0 Å². The van der Waals surface area contributed by atoms with E-state index in [4.69, 9.17) is 5.11 Å². The van der Waals surface area contributed by atoms with Crippen LogP contribution in [0, 0.1) is 13.8 Å². The molecule has 0 amide bonds. The first-order valence-electron chi connectivity index (χ1n) is 6.64. The van der Waals surface area contributed by atoms with Gasteiger partial charge in [0, 0.05) is 44.1 Å². The Morgan fingerprint density at radius 2 is 1.89 bits per heavy atom. The number of aromatic nitrogens is 1. The molecule has 19 heavy (non-hydrogen) atoms. The number of rotatable bonds is 5. The SMILES string of the molecule is Cc1nc(C)c(CN2CCN(CCC(=O)O)CC2)s1. The Morgan fingerprint density at radius 1 is 1.26 bits per heavy atom. The van der Waals surface area contributed by atoms with Crippen molar-refractivity contribution in [1.29, 1.82) is 0 Å². The molecule has 106 valence electrons. The Labute approximate surface area is 117 Å². The summed E-state index contributed by atoms with van der Waals surface area (Å²) in [6, 6.07) is 0. The van der Waals surface area contributed by atoms with Crippen LogP contribution in [0.3, 0.4) is 0 Å².